The molecule has 0 radical (unpaired) electrons. The molecule has 2 aromatic heterocycles. The summed E-state index contributed by atoms with van der Waals surface area (Å²) in [7, 11) is 3.84. The second-order valence-electron chi connectivity index (χ2n) is 10.2. The summed E-state index contributed by atoms with van der Waals surface area (Å²) < 4.78 is 0. The van der Waals surface area contributed by atoms with Gasteiger partial charge in [-0.2, -0.15) is 0 Å². The number of nitrogens with zero attached hydrogens (tertiary/aromatic N) is 3. The number of carbonyl (C=O) groups excluding carboxylic acids is 4. The number of primary amides is 1. The quantitative estimate of drug-likeness (QED) is 0.299. The van der Waals surface area contributed by atoms with Crippen LogP contribution in [0.1, 0.15) is 25.6 Å². The normalized spacial score (nSPS) is 15.9. The number of hydrogen-bond donors (Lipinski definition) is 3. The van der Waals surface area contributed by atoms with Crippen LogP contribution in [0.4, 0.5) is 5.69 Å². The lowest BCUT2D eigenvalue weighted by Gasteiger charge is -2.40. The van der Waals surface area contributed by atoms with Gasteiger partial charge in [-0.1, -0.05) is 24.3 Å². The van der Waals surface area contributed by atoms with Gasteiger partial charge in [0.1, 0.15) is 12.1 Å². The van der Waals surface area contributed by atoms with Crippen molar-refractivity contribution >= 4 is 51.6 Å². The van der Waals surface area contributed by atoms with Crippen LogP contribution in [0.2, 0.25) is 0 Å². The van der Waals surface area contributed by atoms with Crippen molar-refractivity contribution in [1.29, 1.82) is 0 Å². The Morgan fingerprint density at radius 1 is 1.02 bits per heavy atom. The molecule has 11 heteroatoms. The summed E-state index contributed by atoms with van der Waals surface area (Å²) in [4.78, 5) is 61.7. The number of para-hydroxylation sites is 1. The highest BCUT2D eigenvalue weighted by atomic mass is 32.1. The lowest BCUT2D eigenvalue weighted by molar-refractivity contribution is -0.131. The van der Waals surface area contributed by atoms with Crippen LogP contribution < -0.4 is 16.0 Å². The Morgan fingerprint density at radius 2 is 1.78 bits per heavy atom. The monoisotopic (exact) mass is 572 g/mol. The Labute approximate surface area is 241 Å². The maximum Gasteiger partial charge on any atom is 0.264 e. The van der Waals surface area contributed by atoms with E-state index in [0.717, 1.165) is 22.2 Å². The number of aromatic amines is 1. The second-order valence-corrected chi connectivity index (χ2v) is 11.2. The van der Waals surface area contributed by atoms with Crippen molar-refractivity contribution in [3.63, 3.8) is 0 Å². The fourth-order valence-corrected chi connectivity index (χ4v) is 5.75. The van der Waals surface area contributed by atoms with Gasteiger partial charge >= 0.3 is 0 Å². The van der Waals surface area contributed by atoms with Crippen LogP contribution in [0, 0.1) is 0 Å². The smallest absolute Gasteiger partial charge is 0.264 e. The van der Waals surface area contributed by atoms with Gasteiger partial charge in [0.2, 0.25) is 11.8 Å². The molecular weight excluding hydrogens is 540 g/mol. The molecule has 0 bridgehead atoms. The molecule has 1 fully saturated rings. The molecule has 3 heterocycles. The van der Waals surface area contributed by atoms with Gasteiger partial charge in [0.25, 0.3) is 11.8 Å². The predicted octanol–water partition coefficient (Wildman–Crippen LogP) is 2.47. The number of hydrogen-bond acceptors (Lipinski definition) is 6. The highest BCUT2D eigenvalue weighted by Gasteiger charge is 2.39. The molecule has 2 atom stereocenters. The van der Waals surface area contributed by atoms with Crippen molar-refractivity contribution in [2.75, 3.05) is 38.6 Å². The van der Waals surface area contributed by atoms with Crippen LogP contribution in [-0.4, -0.2) is 84.2 Å². The lowest BCUT2D eigenvalue weighted by Crippen LogP contribution is -2.63. The number of thiophene rings is 1. The average molecular weight is 573 g/mol. The van der Waals surface area contributed by atoms with Crippen LogP contribution >= 0.6 is 11.3 Å². The van der Waals surface area contributed by atoms with E-state index in [4.69, 9.17) is 5.73 Å². The summed E-state index contributed by atoms with van der Waals surface area (Å²) in [6.45, 7) is 0.416. The van der Waals surface area contributed by atoms with Crippen molar-refractivity contribution < 1.29 is 19.2 Å². The fourth-order valence-electron chi connectivity index (χ4n) is 5.07. The predicted molar refractivity (Wildman–Crippen MR) is 159 cm³/mol. The summed E-state index contributed by atoms with van der Waals surface area (Å²) in [6, 6.07) is 16.3. The van der Waals surface area contributed by atoms with Crippen molar-refractivity contribution in [3.8, 4) is 0 Å². The van der Waals surface area contributed by atoms with Gasteiger partial charge in [-0.25, -0.2) is 0 Å². The van der Waals surface area contributed by atoms with Crippen molar-refractivity contribution in [3.05, 3.63) is 88.2 Å². The first-order chi connectivity index (χ1) is 19.7. The molecule has 0 spiro atoms. The average Bonchev–Trinajstić information content (AvgIpc) is 3.66. The Balaban J connectivity index is 1.38. The van der Waals surface area contributed by atoms with Gasteiger partial charge in [0.15, 0.2) is 0 Å². The molecule has 1 aliphatic heterocycles. The molecule has 4 N–H and O–H groups in total. The molecule has 1 aliphatic rings. The third-order valence-electron chi connectivity index (χ3n) is 7.35. The van der Waals surface area contributed by atoms with E-state index in [1.54, 1.807) is 40.7 Å². The van der Waals surface area contributed by atoms with E-state index < -0.39 is 23.9 Å². The summed E-state index contributed by atoms with van der Waals surface area (Å²) in [5.74, 6) is -1.76. The van der Waals surface area contributed by atoms with Gasteiger partial charge in [-0.3, -0.25) is 19.2 Å². The third kappa shape index (κ3) is 5.94. The first kappa shape index (κ1) is 27.9. The van der Waals surface area contributed by atoms with E-state index in [0.29, 0.717) is 10.4 Å². The van der Waals surface area contributed by atoms with Crippen LogP contribution in [0.5, 0.6) is 0 Å². The summed E-state index contributed by atoms with van der Waals surface area (Å²) in [5.41, 5.74) is 8.90. The molecule has 4 aromatic rings. The zero-order chi connectivity index (χ0) is 29.1. The summed E-state index contributed by atoms with van der Waals surface area (Å²) in [5, 5.41) is 5.50. The van der Waals surface area contributed by atoms with Crippen LogP contribution in [0.25, 0.3) is 10.9 Å². The van der Waals surface area contributed by atoms with Gasteiger partial charge < -0.3 is 30.7 Å². The number of H-pyrrole nitrogens is 1. The van der Waals surface area contributed by atoms with E-state index in [1.165, 1.54) is 16.2 Å². The minimum absolute atomic E-state index is 0.0181. The topological polar surface area (TPSA) is 132 Å². The zero-order valence-corrected chi connectivity index (χ0v) is 23.7. The number of amides is 4. The third-order valence-corrected chi connectivity index (χ3v) is 8.21. The number of nitrogens with one attached hydrogen (secondary N) is 2. The molecule has 4 amide bonds. The first-order valence-electron chi connectivity index (χ1n) is 13.3. The Bertz CT molecular complexity index is 1560. The van der Waals surface area contributed by atoms with E-state index in [-0.39, 0.29) is 37.9 Å². The van der Waals surface area contributed by atoms with Gasteiger partial charge in [-0.05, 0) is 47.3 Å². The molecule has 5 rings (SSSR count). The molecule has 10 nitrogen and oxygen atoms in total. The maximum atomic E-state index is 13.8. The molecule has 0 unspecified atom stereocenters. The van der Waals surface area contributed by atoms with E-state index >= 15 is 0 Å². The minimum Gasteiger partial charge on any atom is -0.378 e. The SMILES string of the molecule is CN(C)c1ccc(C(=O)N2CCN(C(=O)c3cccs3)[C@H](C(=O)N[C@H](Cc3c[nH]c4ccccc34)C(N)=O)C2)cc1. The Hall–Kier alpha value is -4.64. The first-order valence-corrected chi connectivity index (χ1v) is 14.2. The second kappa shape index (κ2) is 11.8. The van der Waals surface area contributed by atoms with Crippen LogP contribution in [-0.2, 0) is 16.0 Å². The summed E-state index contributed by atoms with van der Waals surface area (Å²) in [6.07, 6.45) is 1.97. The van der Waals surface area contributed by atoms with Crippen molar-refractivity contribution in [2.45, 2.75) is 18.5 Å². The van der Waals surface area contributed by atoms with Gasteiger partial charge in [-0.15, -0.1) is 11.3 Å². The zero-order valence-electron chi connectivity index (χ0n) is 22.9. The number of nitrogens with two attached hydrogens (primary N) is 1. The van der Waals surface area contributed by atoms with Crippen LogP contribution in [0.3, 0.4) is 0 Å². The number of fused-ring (bicyclic) bond motifs is 1. The van der Waals surface area contributed by atoms with Gasteiger partial charge in [0, 0.05) is 62.0 Å². The van der Waals surface area contributed by atoms with E-state index in [2.05, 4.69) is 10.3 Å². The lowest BCUT2D eigenvalue weighted by atomic mass is 10.0. The largest absolute Gasteiger partial charge is 0.378 e. The maximum absolute atomic E-state index is 13.8. The molecule has 2 aromatic carbocycles. The number of benzene rings is 2. The number of piperazine rings is 1. The van der Waals surface area contributed by atoms with Crippen molar-refractivity contribution in [1.82, 2.24) is 20.1 Å². The van der Waals surface area contributed by atoms with Crippen LogP contribution in [0.15, 0.2) is 72.2 Å². The Kier molecular flexibility index (Phi) is 8.06. The molecule has 0 aliphatic carbocycles. The minimum atomic E-state index is -1.01. The van der Waals surface area contributed by atoms with E-state index in [1.807, 2.05) is 55.4 Å². The fraction of sp³-hybridized carbons (Fsp3) is 0.267. The van der Waals surface area contributed by atoms with Crippen molar-refractivity contribution in [2.24, 2.45) is 5.73 Å². The number of anilines is 1. The Morgan fingerprint density at radius 3 is 2.46 bits per heavy atom. The highest BCUT2D eigenvalue weighted by molar-refractivity contribution is 7.12. The van der Waals surface area contributed by atoms with E-state index in [9.17, 15) is 19.2 Å². The number of aromatic nitrogens is 1. The summed E-state index contributed by atoms with van der Waals surface area (Å²) >= 11 is 1.28. The standard InChI is InChI=1S/C30H32N6O4S/c1-34(2)21-11-9-19(10-12-21)29(39)35-13-14-36(30(40)26-8-5-15-41-26)25(18-35)28(38)33-24(27(31)37)16-20-17-32-23-7-4-3-6-22(20)23/h3-12,15,17,24-25,32H,13-14,16,18H2,1-2H3,(H2,31,37)(H,33,38)/t24-,25+/m1/s1. The van der Waals surface area contributed by atoms with Gasteiger partial charge in [0.05, 0.1) is 11.4 Å². The number of rotatable bonds is 8. The number of carbonyl (C=O) groups is 4. The molecule has 41 heavy (non-hydrogen) atoms. The molecular formula is C30H32N6O4S. The molecule has 1 saturated heterocycles. The molecule has 212 valence electrons. The molecule has 0 saturated carbocycles. The highest BCUT2D eigenvalue weighted by Crippen LogP contribution is 2.22.